The van der Waals surface area contributed by atoms with E-state index in [9.17, 15) is 9.59 Å². The molecule has 2 unspecified atom stereocenters. The van der Waals surface area contributed by atoms with Crippen molar-refractivity contribution in [2.45, 2.75) is 38.5 Å². The van der Waals surface area contributed by atoms with Gasteiger partial charge in [0.25, 0.3) is 0 Å². The third kappa shape index (κ3) is 5.54. The Hall–Kier alpha value is -2.90. The van der Waals surface area contributed by atoms with E-state index < -0.39 is 5.60 Å². The van der Waals surface area contributed by atoms with Crippen molar-refractivity contribution < 1.29 is 23.8 Å². The normalized spacial score (nSPS) is 19.6. The number of carbonyl (C=O) groups is 2. The number of carbonyl (C=O) groups excluding carboxylic acids is 2. The number of nitrogens with zero attached hydrogens (tertiary/aromatic N) is 2. The van der Waals surface area contributed by atoms with Crippen molar-refractivity contribution in [3.8, 4) is 5.75 Å². The molecule has 1 amide bonds. The number of amides is 1. The van der Waals surface area contributed by atoms with E-state index in [1.54, 1.807) is 36.3 Å². The van der Waals surface area contributed by atoms with Crippen LogP contribution in [-0.4, -0.2) is 73.3 Å². The molecular formula is C26H32N2O5. The number of hydrogen-bond donors (Lipinski definition) is 0. The fraction of sp³-hybridized carbons (Fsp3) is 0.462. The van der Waals surface area contributed by atoms with Crippen molar-refractivity contribution in [2.75, 3.05) is 39.9 Å². The van der Waals surface area contributed by atoms with Crippen LogP contribution in [0.3, 0.4) is 0 Å². The number of ketones is 1. The second-order valence-electron chi connectivity index (χ2n) is 9.46. The first-order valence-corrected chi connectivity index (χ1v) is 11.4. The number of rotatable bonds is 6. The van der Waals surface area contributed by atoms with E-state index in [4.69, 9.17) is 14.2 Å². The quantitative estimate of drug-likeness (QED) is 0.489. The highest BCUT2D eigenvalue weighted by Gasteiger charge is 2.41. The van der Waals surface area contributed by atoms with Crippen LogP contribution in [0.1, 0.15) is 48.3 Å². The Balaban J connectivity index is 1.53. The molecule has 2 aliphatic heterocycles. The zero-order valence-corrected chi connectivity index (χ0v) is 19.7. The number of piperazine rings is 1. The Bertz CT molecular complexity index is 986. The van der Waals surface area contributed by atoms with E-state index in [-0.39, 0.29) is 24.0 Å². The van der Waals surface area contributed by atoms with Crippen LogP contribution in [0.2, 0.25) is 0 Å². The van der Waals surface area contributed by atoms with Crippen molar-refractivity contribution in [2.24, 2.45) is 0 Å². The van der Waals surface area contributed by atoms with Gasteiger partial charge in [0.05, 0.1) is 19.8 Å². The van der Waals surface area contributed by atoms with Crippen LogP contribution in [0.25, 0.3) is 0 Å². The van der Waals surface area contributed by atoms with Gasteiger partial charge in [-0.05, 0) is 50.6 Å². The SMILES string of the molecule is COc1ccc(C(=O)c2ccccc2C(C2CO2)N2CCN(C(=O)OC(C)(C)C)CC2)cc1. The van der Waals surface area contributed by atoms with E-state index in [1.807, 2.05) is 45.0 Å². The molecule has 0 aliphatic carbocycles. The summed E-state index contributed by atoms with van der Waals surface area (Å²) in [7, 11) is 1.61. The van der Waals surface area contributed by atoms with Gasteiger partial charge in [0.1, 0.15) is 17.5 Å². The predicted molar refractivity (Wildman–Crippen MR) is 125 cm³/mol. The highest BCUT2D eigenvalue weighted by molar-refractivity contribution is 6.10. The molecule has 2 atom stereocenters. The van der Waals surface area contributed by atoms with Crippen LogP contribution in [0, 0.1) is 0 Å². The van der Waals surface area contributed by atoms with Gasteiger partial charge in [0, 0.05) is 37.3 Å². The molecule has 7 nitrogen and oxygen atoms in total. The molecule has 2 fully saturated rings. The molecule has 0 bridgehead atoms. The van der Waals surface area contributed by atoms with Crippen molar-refractivity contribution in [3.05, 3.63) is 65.2 Å². The minimum atomic E-state index is -0.515. The second-order valence-corrected chi connectivity index (χ2v) is 9.46. The van der Waals surface area contributed by atoms with Gasteiger partial charge < -0.3 is 19.1 Å². The lowest BCUT2D eigenvalue weighted by Gasteiger charge is -2.39. The molecule has 7 heteroatoms. The van der Waals surface area contributed by atoms with E-state index in [0.717, 1.165) is 5.56 Å². The molecule has 0 aromatic heterocycles. The van der Waals surface area contributed by atoms with Gasteiger partial charge >= 0.3 is 6.09 Å². The molecule has 176 valence electrons. The lowest BCUT2D eigenvalue weighted by atomic mass is 9.91. The van der Waals surface area contributed by atoms with Crippen molar-refractivity contribution >= 4 is 11.9 Å². The Labute approximate surface area is 195 Å². The predicted octanol–water partition coefficient (Wildman–Crippen LogP) is 3.92. The highest BCUT2D eigenvalue weighted by Crippen LogP contribution is 2.36. The summed E-state index contributed by atoms with van der Waals surface area (Å²) in [6, 6.07) is 14.9. The van der Waals surface area contributed by atoms with E-state index in [0.29, 0.717) is 49.7 Å². The van der Waals surface area contributed by atoms with Crippen LogP contribution in [0.4, 0.5) is 4.79 Å². The van der Waals surface area contributed by atoms with E-state index in [1.165, 1.54) is 0 Å². The highest BCUT2D eigenvalue weighted by atomic mass is 16.6. The Morgan fingerprint density at radius 3 is 2.21 bits per heavy atom. The largest absolute Gasteiger partial charge is 0.497 e. The zero-order chi connectivity index (χ0) is 23.6. The van der Waals surface area contributed by atoms with Gasteiger partial charge in [0.15, 0.2) is 5.78 Å². The van der Waals surface area contributed by atoms with Crippen LogP contribution >= 0.6 is 0 Å². The number of ether oxygens (including phenoxy) is 3. The maximum Gasteiger partial charge on any atom is 0.410 e. The molecule has 0 saturated carbocycles. The summed E-state index contributed by atoms with van der Waals surface area (Å²) >= 11 is 0. The summed E-state index contributed by atoms with van der Waals surface area (Å²) < 4.78 is 16.5. The van der Waals surface area contributed by atoms with Gasteiger partial charge in [-0.1, -0.05) is 24.3 Å². The standard InChI is InChI=1S/C26H32N2O5/c1-26(2,3)33-25(30)28-15-13-27(14-16-28)23(22-17-32-22)20-7-5-6-8-21(20)24(29)18-9-11-19(31-4)12-10-18/h5-12,22-23H,13-17H2,1-4H3. The molecule has 2 aromatic rings. The maximum absolute atomic E-state index is 13.4. The Morgan fingerprint density at radius 1 is 1.00 bits per heavy atom. The van der Waals surface area contributed by atoms with E-state index >= 15 is 0 Å². The molecule has 2 heterocycles. The van der Waals surface area contributed by atoms with Crippen LogP contribution < -0.4 is 4.74 Å². The summed E-state index contributed by atoms with van der Waals surface area (Å²) in [6.07, 6.45) is -0.237. The van der Waals surface area contributed by atoms with Crippen LogP contribution in [0.5, 0.6) is 5.75 Å². The lowest BCUT2D eigenvalue weighted by Crippen LogP contribution is -2.51. The third-order valence-electron chi connectivity index (χ3n) is 5.95. The minimum absolute atomic E-state index is 0.0219. The summed E-state index contributed by atoms with van der Waals surface area (Å²) in [4.78, 5) is 29.9. The third-order valence-corrected chi connectivity index (χ3v) is 5.95. The minimum Gasteiger partial charge on any atom is -0.497 e. The summed E-state index contributed by atoms with van der Waals surface area (Å²) in [5.74, 6) is 0.693. The topological polar surface area (TPSA) is 71.6 Å². The van der Waals surface area contributed by atoms with Crippen molar-refractivity contribution in [1.29, 1.82) is 0 Å². The molecule has 2 aromatic carbocycles. The van der Waals surface area contributed by atoms with Crippen LogP contribution in [0.15, 0.2) is 48.5 Å². The first kappa shape index (κ1) is 23.3. The monoisotopic (exact) mass is 452 g/mol. The number of epoxide rings is 1. The zero-order valence-electron chi connectivity index (χ0n) is 19.7. The maximum atomic E-state index is 13.4. The molecule has 4 rings (SSSR count). The molecule has 0 spiro atoms. The van der Waals surface area contributed by atoms with Gasteiger partial charge in [-0.15, -0.1) is 0 Å². The van der Waals surface area contributed by atoms with Gasteiger partial charge in [0.2, 0.25) is 0 Å². The number of hydrogen-bond acceptors (Lipinski definition) is 6. The molecule has 33 heavy (non-hydrogen) atoms. The van der Waals surface area contributed by atoms with Gasteiger partial charge in [-0.2, -0.15) is 0 Å². The molecule has 2 aliphatic rings. The molecule has 2 saturated heterocycles. The average Bonchev–Trinajstić information content (AvgIpc) is 3.64. The smallest absolute Gasteiger partial charge is 0.410 e. The first-order valence-electron chi connectivity index (χ1n) is 11.4. The Morgan fingerprint density at radius 2 is 1.64 bits per heavy atom. The average molecular weight is 453 g/mol. The summed E-state index contributed by atoms with van der Waals surface area (Å²) in [5.41, 5.74) is 1.75. The number of benzene rings is 2. The fourth-order valence-corrected chi connectivity index (χ4v) is 4.24. The molecular weight excluding hydrogens is 420 g/mol. The van der Waals surface area contributed by atoms with Crippen molar-refractivity contribution in [1.82, 2.24) is 9.80 Å². The molecule has 0 radical (unpaired) electrons. The van der Waals surface area contributed by atoms with Gasteiger partial charge in [-0.25, -0.2) is 4.79 Å². The second kappa shape index (κ2) is 9.53. The van der Waals surface area contributed by atoms with Crippen LogP contribution in [-0.2, 0) is 9.47 Å². The lowest BCUT2D eigenvalue weighted by molar-refractivity contribution is 0.00866. The Kier molecular flexibility index (Phi) is 6.72. The molecule has 0 N–H and O–H groups in total. The number of methoxy groups -OCH3 is 1. The summed E-state index contributed by atoms with van der Waals surface area (Å²) in [5, 5.41) is 0. The van der Waals surface area contributed by atoms with Crippen molar-refractivity contribution in [3.63, 3.8) is 0 Å². The fourth-order valence-electron chi connectivity index (χ4n) is 4.24. The summed E-state index contributed by atoms with van der Waals surface area (Å²) in [6.45, 7) is 8.82. The van der Waals surface area contributed by atoms with Gasteiger partial charge in [-0.3, -0.25) is 9.69 Å². The van der Waals surface area contributed by atoms with E-state index in [2.05, 4.69) is 4.90 Å². The first-order chi connectivity index (χ1) is 15.8.